The monoisotopic (exact) mass is 303 g/mol. The minimum absolute atomic E-state index is 0.251. The Morgan fingerprint density at radius 2 is 1.94 bits per heavy atom. The van der Waals surface area contributed by atoms with Crippen LogP contribution in [-0.4, -0.2) is 16.0 Å². The Hall–Kier alpha value is -0.190. The van der Waals surface area contributed by atoms with Gasteiger partial charge in [-0.1, -0.05) is 22.4 Å². The van der Waals surface area contributed by atoms with E-state index in [-0.39, 0.29) is 6.04 Å². The van der Waals surface area contributed by atoms with Gasteiger partial charge in [0.25, 0.3) is 0 Å². The van der Waals surface area contributed by atoms with Gasteiger partial charge in [-0.2, -0.15) is 0 Å². The summed E-state index contributed by atoms with van der Waals surface area (Å²) in [5.41, 5.74) is 5.66. The summed E-state index contributed by atoms with van der Waals surface area (Å²) in [6, 6.07) is 7.92. The summed E-state index contributed by atoms with van der Waals surface area (Å²) in [4.78, 5) is 0.906. The van der Waals surface area contributed by atoms with Crippen molar-refractivity contribution in [2.24, 2.45) is 5.73 Å². The Morgan fingerprint density at radius 3 is 2.50 bits per heavy atom. The lowest BCUT2D eigenvalue weighted by atomic mass is 10.2. The van der Waals surface area contributed by atoms with E-state index in [4.69, 9.17) is 5.73 Å². The summed E-state index contributed by atoms with van der Waals surface area (Å²) >= 11 is 3.36. The zero-order valence-electron chi connectivity index (χ0n) is 9.49. The third-order valence-electron chi connectivity index (χ3n) is 2.32. The van der Waals surface area contributed by atoms with Gasteiger partial charge in [-0.25, -0.2) is 0 Å². The van der Waals surface area contributed by atoms with Gasteiger partial charge in [0.2, 0.25) is 0 Å². The Morgan fingerprint density at radius 1 is 1.31 bits per heavy atom. The molecule has 16 heavy (non-hydrogen) atoms. The van der Waals surface area contributed by atoms with E-state index in [1.54, 1.807) is 0 Å². The van der Waals surface area contributed by atoms with E-state index < -0.39 is 10.8 Å². The quantitative estimate of drug-likeness (QED) is 0.821. The molecule has 1 rings (SSSR count). The smallest absolute Gasteiger partial charge is 0.0529 e. The van der Waals surface area contributed by atoms with E-state index in [0.29, 0.717) is 0 Å². The predicted molar refractivity (Wildman–Crippen MR) is 72.9 cm³/mol. The molecule has 2 unspecified atom stereocenters. The molecule has 2 N–H and O–H groups in total. The van der Waals surface area contributed by atoms with Gasteiger partial charge in [0.05, 0.1) is 10.8 Å². The van der Waals surface area contributed by atoms with Crippen LogP contribution in [0.5, 0.6) is 0 Å². The molecule has 0 saturated heterocycles. The zero-order chi connectivity index (χ0) is 12.0. The number of benzene rings is 1. The Kier molecular flexibility index (Phi) is 6.24. The lowest BCUT2D eigenvalue weighted by Gasteiger charge is -2.05. The van der Waals surface area contributed by atoms with Crippen LogP contribution in [0.4, 0.5) is 0 Å². The molecule has 0 radical (unpaired) electrons. The third-order valence-corrected chi connectivity index (χ3v) is 4.30. The molecule has 0 bridgehead atoms. The average Bonchev–Trinajstić information content (AvgIpc) is 2.25. The van der Waals surface area contributed by atoms with Crippen LogP contribution in [-0.2, 0) is 10.8 Å². The van der Waals surface area contributed by atoms with Crippen LogP contribution < -0.4 is 5.73 Å². The molecule has 0 fully saturated rings. The second-order valence-electron chi connectivity index (χ2n) is 3.98. The fourth-order valence-corrected chi connectivity index (χ4v) is 2.81. The fourth-order valence-electron chi connectivity index (χ4n) is 1.40. The minimum atomic E-state index is -0.868. The van der Waals surface area contributed by atoms with Crippen molar-refractivity contribution >= 4 is 26.7 Å². The average molecular weight is 304 g/mol. The van der Waals surface area contributed by atoms with Gasteiger partial charge in [-0.05, 0) is 44.0 Å². The van der Waals surface area contributed by atoms with Crippen molar-refractivity contribution in [3.63, 3.8) is 0 Å². The molecule has 0 spiro atoms. The molecule has 0 aliphatic carbocycles. The Balaban J connectivity index is 2.32. The predicted octanol–water partition coefficient (Wildman–Crippen LogP) is 3.07. The largest absolute Gasteiger partial charge is 0.328 e. The normalized spacial score (nSPS) is 14.7. The summed E-state index contributed by atoms with van der Waals surface area (Å²) in [6.45, 7) is 2.01. The van der Waals surface area contributed by atoms with Crippen molar-refractivity contribution in [2.75, 3.05) is 5.75 Å². The van der Waals surface area contributed by atoms with Crippen molar-refractivity contribution < 1.29 is 4.21 Å². The number of hydrogen-bond acceptors (Lipinski definition) is 2. The van der Waals surface area contributed by atoms with Crippen LogP contribution in [0, 0.1) is 0 Å². The molecular weight excluding hydrogens is 286 g/mol. The van der Waals surface area contributed by atoms with E-state index in [0.717, 1.165) is 34.4 Å². The molecular formula is C12H18BrNOS. The van der Waals surface area contributed by atoms with Gasteiger partial charge < -0.3 is 5.73 Å². The second kappa shape index (κ2) is 7.20. The highest BCUT2D eigenvalue weighted by atomic mass is 79.9. The molecule has 0 saturated carbocycles. The Labute approximate surface area is 108 Å². The van der Waals surface area contributed by atoms with Crippen molar-refractivity contribution in [1.82, 2.24) is 0 Å². The highest BCUT2D eigenvalue weighted by molar-refractivity contribution is 9.10. The SMILES string of the molecule is CC(N)CCCCS(=O)c1ccc(Br)cc1. The van der Waals surface area contributed by atoms with Crippen molar-refractivity contribution in [3.05, 3.63) is 28.7 Å². The maximum absolute atomic E-state index is 11.9. The first kappa shape index (κ1) is 13.9. The van der Waals surface area contributed by atoms with Gasteiger partial charge in [-0.3, -0.25) is 4.21 Å². The third kappa shape index (κ3) is 5.23. The van der Waals surface area contributed by atoms with E-state index in [2.05, 4.69) is 15.9 Å². The Bertz CT molecular complexity index is 337. The van der Waals surface area contributed by atoms with E-state index in [1.807, 2.05) is 31.2 Å². The molecule has 0 aliphatic rings. The molecule has 1 aromatic rings. The van der Waals surface area contributed by atoms with E-state index >= 15 is 0 Å². The van der Waals surface area contributed by atoms with Gasteiger partial charge in [0.15, 0.2) is 0 Å². The number of nitrogens with two attached hydrogens (primary N) is 1. The van der Waals surface area contributed by atoms with Crippen molar-refractivity contribution in [1.29, 1.82) is 0 Å². The number of hydrogen-bond donors (Lipinski definition) is 1. The fraction of sp³-hybridized carbons (Fsp3) is 0.500. The molecule has 4 heteroatoms. The first-order chi connectivity index (χ1) is 7.59. The molecule has 0 amide bonds. The molecule has 0 heterocycles. The summed E-state index contributed by atoms with van der Waals surface area (Å²) < 4.78 is 12.9. The van der Waals surface area contributed by atoms with Crippen molar-refractivity contribution in [3.8, 4) is 0 Å². The first-order valence-electron chi connectivity index (χ1n) is 5.49. The van der Waals surface area contributed by atoms with Crippen LogP contribution in [0.15, 0.2) is 33.6 Å². The topological polar surface area (TPSA) is 43.1 Å². The van der Waals surface area contributed by atoms with Crippen LogP contribution >= 0.6 is 15.9 Å². The van der Waals surface area contributed by atoms with Gasteiger partial charge in [0, 0.05) is 21.2 Å². The number of halogens is 1. The molecule has 90 valence electrons. The second-order valence-corrected chi connectivity index (χ2v) is 6.46. The number of rotatable bonds is 6. The molecule has 0 aromatic heterocycles. The van der Waals surface area contributed by atoms with E-state index in [1.165, 1.54) is 0 Å². The zero-order valence-corrected chi connectivity index (χ0v) is 11.9. The van der Waals surface area contributed by atoms with Crippen LogP contribution in [0.25, 0.3) is 0 Å². The summed E-state index contributed by atoms with van der Waals surface area (Å²) in [5.74, 6) is 0.731. The molecule has 0 aliphatic heterocycles. The van der Waals surface area contributed by atoms with Crippen LogP contribution in [0.1, 0.15) is 26.2 Å². The maximum atomic E-state index is 11.9. The summed E-state index contributed by atoms with van der Waals surface area (Å²) in [6.07, 6.45) is 3.04. The maximum Gasteiger partial charge on any atom is 0.0529 e. The van der Waals surface area contributed by atoms with Crippen LogP contribution in [0.3, 0.4) is 0 Å². The minimum Gasteiger partial charge on any atom is -0.328 e. The number of unbranched alkanes of at least 4 members (excludes halogenated alkanes) is 1. The van der Waals surface area contributed by atoms with Gasteiger partial charge in [-0.15, -0.1) is 0 Å². The summed E-state index contributed by atoms with van der Waals surface area (Å²) in [5, 5.41) is 0. The van der Waals surface area contributed by atoms with E-state index in [9.17, 15) is 4.21 Å². The lowest BCUT2D eigenvalue weighted by molar-refractivity contribution is 0.613. The van der Waals surface area contributed by atoms with Crippen molar-refractivity contribution in [2.45, 2.75) is 37.1 Å². The van der Waals surface area contributed by atoms with Gasteiger partial charge >= 0.3 is 0 Å². The van der Waals surface area contributed by atoms with Gasteiger partial charge in [0.1, 0.15) is 0 Å². The molecule has 1 aromatic carbocycles. The standard InChI is InChI=1S/C12H18BrNOS/c1-10(14)4-2-3-9-16(15)12-7-5-11(13)6-8-12/h5-8,10H,2-4,9,14H2,1H3. The highest BCUT2D eigenvalue weighted by Gasteiger charge is 2.03. The lowest BCUT2D eigenvalue weighted by Crippen LogP contribution is -2.14. The highest BCUT2D eigenvalue weighted by Crippen LogP contribution is 2.14. The first-order valence-corrected chi connectivity index (χ1v) is 7.60. The molecule has 2 atom stereocenters. The summed E-state index contributed by atoms with van der Waals surface area (Å²) in [7, 11) is -0.868. The molecule has 2 nitrogen and oxygen atoms in total. The van der Waals surface area contributed by atoms with Crippen LogP contribution in [0.2, 0.25) is 0 Å².